The van der Waals surface area contributed by atoms with Crippen LogP contribution in [0, 0.1) is 11.6 Å². The number of rotatable bonds is 4. The van der Waals surface area contributed by atoms with Crippen molar-refractivity contribution in [3.05, 3.63) is 101 Å². The molecular formula is C22H16F2N2O. The lowest BCUT2D eigenvalue weighted by Gasteiger charge is -2.24. The lowest BCUT2D eigenvalue weighted by Crippen LogP contribution is -2.18. The minimum absolute atomic E-state index is 0.118. The van der Waals surface area contributed by atoms with Crippen molar-refractivity contribution in [3.63, 3.8) is 0 Å². The molecule has 0 unspecified atom stereocenters. The zero-order valence-corrected chi connectivity index (χ0v) is 14.3. The lowest BCUT2D eigenvalue weighted by molar-refractivity contribution is 0.112. The predicted octanol–water partition coefficient (Wildman–Crippen LogP) is 5.13. The van der Waals surface area contributed by atoms with Crippen molar-refractivity contribution in [2.24, 2.45) is 5.10 Å². The highest BCUT2D eigenvalue weighted by Gasteiger charge is 2.30. The Balaban J connectivity index is 1.73. The molecule has 1 aliphatic rings. The van der Waals surface area contributed by atoms with Gasteiger partial charge in [-0.1, -0.05) is 24.3 Å². The van der Waals surface area contributed by atoms with Gasteiger partial charge in [-0.25, -0.2) is 8.78 Å². The molecule has 0 fully saturated rings. The van der Waals surface area contributed by atoms with Crippen molar-refractivity contribution in [3.8, 4) is 0 Å². The van der Waals surface area contributed by atoms with Gasteiger partial charge >= 0.3 is 0 Å². The quantitative estimate of drug-likeness (QED) is 0.603. The van der Waals surface area contributed by atoms with Gasteiger partial charge in [0.1, 0.15) is 17.9 Å². The molecule has 0 spiro atoms. The monoisotopic (exact) mass is 362 g/mol. The zero-order chi connectivity index (χ0) is 18.8. The number of hydrogen-bond acceptors (Lipinski definition) is 3. The van der Waals surface area contributed by atoms with E-state index >= 15 is 0 Å². The first kappa shape index (κ1) is 17.1. The highest BCUT2D eigenvalue weighted by molar-refractivity contribution is 6.03. The Hall–Kier alpha value is -3.34. The molecule has 0 bridgehead atoms. The Morgan fingerprint density at radius 2 is 1.44 bits per heavy atom. The van der Waals surface area contributed by atoms with E-state index in [9.17, 15) is 13.6 Å². The van der Waals surface area contributed by atoms with E-state index in [0.717, 1.165) is 28.8 Å². The van der Waals surface area contributed by atoms with Gasteiger partial charge in [0.25, 0.3) is 0 Å². The molecule has 0 aromatic heterocycles. The van der Waals surface area contributed by atoms with Gasteiger partial charge in [0.05, 0.1) is 17.4 Å². The van der Waals surface area contributed by atoms with E-state index in [2.05, 4.69) is 0 Å². The first-order valence-electron chi connectivity index (χ1n) is 8.57. The van der Waals surface area contributed by atoms with E-state index in [-0.39, 0.29) is 17.7 Å². The molecule has 1 aliphatic heterocycles. The molecule has 0 saturated carbocycles. The van der Waals surface area contributed by atoms with Crippen LogP contribution in [0.1, 0.15) is 33.9 Å². The molecule has 27 heavy (non-hydrogen) atoms. The van der Waals surface area contributed by atoms with E-state index in [1.54, 1.807) is 36.4 Å². The third-order valence-corrected chi connectivity index (χ3v) is 4.64. The van der Waals surface area contributed by atoms with Gasteiger partial charge in [0, 0.05) is 12.0 Å². The van der Waals surface area contributed by atoms with Crippen LogP contribution in [0.25, 0.3) is 0 Å². The fraction of sp³-hybridized carbons (Fsp3) is 0.0909. The summed E-state index contributed by atoms with van der Waals surface area (Å²) in [6.07, 6.45) is 1.39. The molecule has 0 N–H and O–H groups in total. The topological polar surface area (TPSA) is 32.7 Å². The summed E-state index contributed by atoms with van der Waals surface area (Å²) < 4.78 is 26.6. The third-order valence-electron chi connectivity index (χ3n) is 4.64. The molecule has 1 heterocycles. The average molecular weight is 362 g/mol. The number of halogens is 2. The number of carbonyl (C=O) groups is 1. The van der Waals surface area contributed by atoms with E-state index in [0.29, 0.717) is 12.0 Å². The van der Waals surface area contributed by atoms with Crippen LogP contribution in [0.4, 0.5) is 14.5 Å². The number of carbonyl (C=O) groups excluding carboxylic acids is 1. The molecule has 0 saturated heterocycles. The maximum atomic E-state index is 13.3. The highest BCUT2D eigenvalue weighted by Crippen LogP contribution is 2.36. The van der Waals surface area contributed by atoms with Gasteiger partial charge in [-0.2, -0.15) is 5.10 Å². The van der Waals surface area contributed by atoms with Gasteiger partial charge in [0.15, 0.2) is 0 Å². The Kier molecular flexibility index (Phi) is 4.50. The smallest absolute Gasteiger partial charge is 0.150 e. The van der Waals surface area contributed by atoms with Crippen molar-refractivity contribution >= 4 is 17.7 Å². The SMILES string of the molecule is O=Cc1ccc(N2N=C(c3ccc(F)cc3)C[C@H]2c2ccc(F)cc2)cc1. The number of benzene rings is 3. The van der Waals surface area contributed by atoms with Crippen LogP contribution in [0.15, 0.2) is 77.9 Å². The molecule has 3 nitrogen and oxygen atoms in total. The molecule has 134 valence electrons. The number of hydrogen-bond donors (Lipinski definition) is 0. The second kappa shape index (κ2) is 7.11. The molecule has 3 aromatic carbocycles. The lowest BCUT2D eigenvalue weighted by atomic mass is 9.98. The summed E-state index contributed by atoms with van der Waals surface area (Å²) in [6.45, 7) is 0. The first-order valence-corrected chi connectivity index (χ1v) is 8.57. The van der Waals surface area contributed by atoms with Crippen LogP contribution < -0.4 is 5.01 Å². The molecule has 3 aromatic rings. The second-order valence-corrected chi connectivity index (χ2v) is 6.38. The number of nitrogens with zero attached hydrogens (tertiary/aromatic N) is 2. The number of aldehydes is 1. The maximum absolute atomic E-state index is 13.3. The summed E-state index contributed by atoms with van der Waals surface area (Å²) >= 11 is 0. The Morgan fingerprint density at radius 1 is 0.852 bits per heavy atom. The van der Waals surface area contributed by atoms with Crippen LogP contribution in [0.2, 0.25) is 0 Å². The minimum Gasteiger partial charge on any atom is -0.298 e. The van der Waals surface area contributed by atoms with Crippen molar-refractivity contribution in [1.29, 1.82) is 0 Å². The molecule has 0 amide bonds. The Bertz CT molecular complexity index is 980. The molecule has 4 rings (SSSR count). The molecule has 1 atom stereocenters. The number of hydrazone groups is 1. The fourth-order valence-electron chi connectivity index (χ4n) is 3.22. The maximum Gasteiger partial charge on any atom is 0.150 e. The first-order chi connectivity index (χ1) is 13.1. The van der Waals surface area contributed by atoms with Gasteiger partial charge in [-0.15, -0.1) is 0 Å². The van der Waals surface area contributed by atoms with E-state index in [4.69, 9.17) is 5.10 Å². The highest BCUT2D eigenvalue weighted by atomic mass is 19.1. The largest absolute Gasteiger partial charge is 0.298 e. The van der Waals surface area contributed by atoms with Crippen LogP contribution in [-0.4, -0.2) is 12.0 Å². The Morgan fingerprint density at radius 3 is 2.04 bits per heavy atom. The van der Waals surface area contributed by atoms with Crippen LogP contribution >= 0.6 is 0 Å². The van der Waals surface area contributed by atoms with Crippen LogP contribution in [0.3, 0.4) is 0 Å². The van der Waals surface area contributed by atoms with Crippen LogP contribution in [0.5, 0.6) is 0 Å². The van der Waals surface area contributed by atoms with Crippen molar-refractivity contribution in [2.75, 3.05) is 5.01 Å². The van der Waals surface area contributed by atoms with Gasteiger partial charge < -0.3 is 0 Å². The van der Waals surface area contributed by atoms with Crippen LogP contribution in [-0.2, 0) is 0 Å². The van der Waals surface area contributed by atoms with E-state index < -0.39 is 0 Å². The normalized spacial score (nSPS) is 16.3. The summed E-state index contributed by atoms with van der Waals surface area (Å²) in [4.78, 5) is 10.9. The summed E-state index contributed by atoms with van der Waals surface area (Å²) in [7, 11) is 0. The minimum atomic E-state index is -0.297. The van der Waals surface area contributed by atoms with E-state index in [1.807, 2.05) is 17.1 Å². The molecule has 5 heteroatoms. The summed E-state index contributed by atoms with van der Waals surface area (Å²) in [5.74, 6) is -0.591. The van der Waals surface area contributed by atoms with E-state index in [1.165, 1.54) is 24.3 Å². The Labute approximate surface area is 155 Å². The molecular weight excluding hydrogens is 346 g/mol. The zero-order valence-electron chi connectivity index (χ0n) is 14.3. The summed E-state index contributed by atoms with van der Waals surface area (Å²) in [5.41, 5.74) is 4.00. The standard InChI is InChI=1S/C22H16F2N2O/c23-18-7-3-16(4-8-18)21-13-22(17-5-9-19(24)10-6-17)26(25-21)20-11-1-15(14-27)2-12-20/h1-12,14,22H,13H2/t22-/m0/s1. The van der Waals surface area contributed by atoms with Gasteiger partial charge in [-0.3, -0.25) is 9.80 Å². The summed E-state index contributed by atoms with van der Waals surface area (Å²) in [6, 6.07) is 19.6. The fourth-order valence-corrected chi connectivity index (χ4v) is 3.22. The second-order valence-electron chi connectivity index (χ2n) is 6.38. The van der Waals surface area contributed by atoms with Crippen molar-refractivity contribution in [2.45, 2.75) is 12.5 Å². The average Bonchev–Trinajstić information content (AvgIpc) is 3.14. The molecule has 0 radical (unpaired) electrons. The van der Waals surface area contributed by atoms with Crippen molar-refractivity contribution < 1.29 is 13.6 Å². The van der Waals surface area contributed by atoms with Gasteiger partial charge in [-0.05, 0) is 59.7 Å². The number of anilines is 1. The summed E-state index contributed by atoms with van der Waals surface area (Å²) in [5, 5.41) is 6.60. The third kappa shape index (κ3) is 3.49. The van der Waals surface area contributed by atoms with Gasteiger partial charge in [0.2, 0.25) is 0 Å². The van der Waals surface area contributed by atoms with Crippen molar-refractivity contribution in [1.82, 2.24) is 0 Å². The predicted molar refractivity (Wildman–Crippen MR) is 101 cm³/mol. The molecule has 0 aliphatic carbocycles.